The second kappa shape index (κ2) is 5.82. The first-order chi connectivity index (χ1) is 8.65. The molecule has 18 heavy (non-hydrogen) atoms. The summed E-state index contributed by atoms with van der Waals surface area (Å²) in [6.45, 7) is 3.18. The number of hydrogen-bond acceptors (Lipinski definition) is 4. The van der Waals surface area contributed by atoms with Crippen LogP contribution in [0.5, 0.6) is 0 Å². The van der Waals surface area contributed by atoms with Crippen LogP contribution in [0.25, 0.3) is 0 Å². The number of esters is 1. The fourth-order valence-corrected chi connectivity index (χ4v) is 2.09. The van der Waals surface area contributed by atoms with E-state index in [9.17, 15) is 9.18 Å². The molecule has 0 saturated carbocycles. The highest BCUT2D eigenvalue weighted by atomic mass is 19.1. The molecule has 1 aliphatic rings. The van der Waals surface area contributed by atoms with Gasteiger partial charge in [-0.1, -0.05) is 0 Å². The zero-order valence-corrected chi connectivity index (χ0v) is 10.2. The van der Waals surface area contributed by atoms with Crippen molar-refractivity contribution in [2.45, 2.75) is 12.8 Å². The molecule has 0 bridgehead atoms. The predicted octanol–water partition coefficient (Wildman–Crippen LogP) is 1.66. The number of benzene rings is 1. The molecule has 0 aliphatic carbocycles. The summed E-state index contributed by atoms with van der Waals surface area (Å²) in [4.78, 5) is 13.9. The van der Waals surface area contributed by atoms with Crippen LogP contribution in [-0.4, -0.2) is 37.1 Å². The molecule has 0 amide bonds. The number of carbonyl (C=O) groups is 1. The van der Waals surface area contributed by atoms with Crippen molar-refractivity contribution in [3.63, 3.8) is 0 Å². The Kier molecular flexibility index (Phi) is 4.15. The van der Waals surface area contributed by atoms with Gasteiger partial charge >= 0.3 is 5.97 Å². The predicted molar refractivity (Wildman–Crippen MR) is 66.8 cm³/mol. The van der Waals surface area contributed by atoms with E-state index in [4.69, 9.17) is 10.5 Å². The van der Waals surface area contributed by atoms with Gasteiger partial charge in [-0.2, -0.15) is 0 Å². The lowest BCUT2D eigenvalue weighted by Gasteiger charge is -2.14. The minimum absolute atomic E-state index is 0.161. The molecule has 0 aromatic heterocycles. The van der Waals surface area contributed by atoms with E-state index in [1.807, 2.05) is 0 Å². The Hall–Kier alpha value is -1.62. The Morgan fingerprint density at radius 1 is 1.33 bits per heavy atom. The molecule has 1 aromatic carbocycles. The number of halogens is 1. The zero-order valence-electron chi connectivity index (χ0n) is 10.2. The van der Waals surface area contributed by atoms with Gasteiger partial charge < -0.3 is 10.5 Å². The van der Waals surface area contributed by atoms with Crippen molar-refractivity contribution in [3.05, 3.63) is 29.6 Å². The van der Waals surface area contributed by atoms with E-state index in [0.717, 1.165) is 25.7 Å². The van der Waals surface area contributed by atoms with E-state index in [-0.39, 0.29) is 11.3 Å². The maximum absolute atomic E-state index is 13.1. The number of hydrogen-bond donors (Lipinski definition) is 1. The van der Waals surface area contributed by atoms with E-state index in [2.05, 4.69) is 4.90 Å². The molecule has 1 fully saturated rings. The number of nitrogens with two attached hydrogens (primary N) is 1. The number of rotatable bonds is 4. The lowest BCUT2D eigenvalue weighted by Crippen LogP contribution is -2.25. The lowest BCUT2D eigenvalue weighted by molar-refractivity contribution is 0.0472. The molecule has 0 spiro atoms. The summed E-state index contributed by atoms with van der Waals surface area (Å²) in [7, 11) is 0. The Morgan fingerprint density at radius 3 is 2.72 bits per heavy atom. The molecular weight excluding hydrogens is 235 g/mol. The highest BCUT2D eigenvalue weighted by Gasteiger charge is 2.13. The highest BCUT2D eigenvalue weighted by Crippen LogP contribution is 2.12. The fourth-order valence-electron chi connectivity index (χ4n) is 2.09. The molecule has 0 radical (unpaired) electrons. The van der Waals surface area contributed by atoms with Crippen LogP contribution in [0.2, 0.25) is 0 Å². The largest absolute Gasteiger partial charge is 0.461 e. The Bertz CT molecular complexity index is 411. The number of ether oxygens (including phenoxy) is 1. The zero-order chi connectivity index (χ0) is 13.0. The van der Waals surface area contributed by atoms with E-state index in [1.165, 1.54) is 25.0 Å². The summed E-state index contributed by atoms with van der Waals surface area (Å²) in [5.74, 6) is -1.05. The molecule has 0 unspecified atom stereocenters. The van der Waals surface area contributed by atoms with E-state index < -0.39 is 11.8 Å². The molecule has 1 aromatic rings. The van der Waals surface area contributed by atoms with E-state index >= 15 is 0 Å². The first-order valence-electron chi connectivity index (χ1n) is 6.11. The van der Waals surface area contributed by atoms with Crippen molar-refractivity contribution in [2.24, 2.45) is 0 Å². The number of nitrogens with zero attached hydrogens (tertiary/aromatic N) is 1. The molecule has 2 N–H and O–H groups in total. The van der Waals surface area contributed by atoms with Crippen LogP contribution in [-0.2, 0) is 4.74 Å². The number of carbonyl (C=O) groups excluding carboxylic acids is 1. The smallest absolute Gasteiger partial charge is 0.338 e. The second-order valence-corrected chi connectivity index (χ2v) is 4.46. The molecule has 98 valence electrons. The minimum Gasteiger partial charge on any atom is -0.461 e. The van der Waals surface area contributed by atoms with Gasteiger partial charge in [-0.05, 0) is 44.1 Å². The summed E-state index contributed by atoms with van der Waals surface area (Å²) in [5, 5.41) is 0. The van der Waals surface area contributed by atoms with Crippen LogP contribution in [0.4, 0.5) is 10.1 Å². The average molecular weight is 252 g/mol. The molecule has 1 saturated heterocycles. The number of anilines is 1. The van der Waals surface area contributed by atoms with Crippen molar-refractivity contribution in [3.8, 4) is 0 Å². The van der Waals surface area contributed by atoms with E-state index in [1.54, 1.807) is 0 Å². The van der Waals surface area contributed by atoms with Gasteiger partial charge in [0.25, 0.3) is 0 Å². The molecule has 4 nitrogen and oxygen atoms in total. The van der Waals surface area contributed by atoms with Gasteiger partial charge in [0.2, 0.25) is 0 Å². The summed E-state index contributed by atoms with van der Waals surface area (Å²) in [6, 6.07) is 3.72. The third-order valence-electron chi connectivity index (χ3n) is 3.00. The maximum atomic E-state index is 13.1. The van der Waals surface area contributed by atoms with Gasteiger partial charge in [-0.15, -0.1) is 0 Å². The second-order valence-electron chi connectivity index (χ2n) is 4.46. The lowest BCUT2D eigenvalue weighted by atomic mass is 10.2. The average Bonchev–Trinajstić information content (AvgIpc) is 2.80. The normalized spacial score (nSPS) is 15.8. The summed E-state index contributed by atoms with van der Waals surface area (Å²) in [6.07, 6.45) is 2.41. The first kappa shape index (κ1) is 12.8. The van der Waals surface area contributed by atoms with Crippen molar-refractivity contribution in [1.82, 2.24) is 4.90 Å². The maximum Gasteiger partial charge on any atom is 0.338 e. The molecular formula is C13H17FN2O2. The van der Waals surface area contributed by atoms with Gasteiger partial charge in [-0.3, -0.25) is 4.90 Å². The Morgan fingerprint density at radius 2 is 2.06 bits per heavy atom. The van der Waals surface area contributed by atoms with Gasteiger partial charge in [-0.25, -0.2) is 9.18 Å². The van der Waals surface area contributed by atoms with Crippen LogP contribution < -0.4 is 5.73 Å². The van der Waals surface area contributed by atoms with Crippen LogP contribution in [0.15, 0.2) is 18.2 Å². The topological polar surface area (TPSA) is 55.6 Å². The van der Waals surface area contributed by atoms with Crippen LogP contribution in [0.1, 0.15) is 23.2 Å². The molecule has 5 heteroatoms. The van der Waals surface area contributed by atoms with Crippen LogP contribution >= 0.6 is 0 Å². The molecule has 2 rings (SSSR count). The Balaban J connectivity index is 1.83. The van der Waals surface area contributed by atoms with Gasteiger partial charge in [0, 0.05) is 12.2 Å². The van der Waals surface area contributed by atoms with Crippen LogP contribution in [0.3, 0.4) is 0 Å². The highest BCUT2D eigenvalue weighted by molar-refractivity contribution is 5.90. The number of nitrogen functional groups attached to an aromatic ring is 1. The standard InChI is InChI=1S/C13H17FN2O2/c14-11-7-10(8-12(15)9-11)13(17)18-6-5-16-3-1-2-4-16/h7-9H,1-6,15H2. The summed E-state index contributed by atoms with van der Waals surface area (Å²) < 4.78 is 18.2. The minimum atomic E-state index is -0.527. The van der Waals surface area contributed by atoms with Crippen LogP contribution in [0, 0.1) is 5.82 Å². The van der Waals surface area contributed by atoms with Gasteiger partial charge in [0.15, 0.2) is 0 Å². The van der Waals surface area contributed by atoms with E-state index in [0.29, 0.717) is 6.61 Å². The SMILES string of the molecule is Nc1cc(F)cc(C(=O)OCCN2CCCC2)c1. The molecule has 1 heterocycles. The Labute approximate surface area is 106 Å². The van der Waals surface area contributed by atoms with Crippen molar-refractivity contribution in [1.29, 1.82) is 0 Å². The third-order valence-corrected chi connectivity index (χ3v) is 3.00. The monoisotopic (exact) mass is 252 g/mol. The van der Waals surface area contributed by atoms with Gasteiger partial charge in [0.05, 0.1) is 5.56 Å². The van der Waals surface area contributed by atoms with Gasteiger partial charge in [0.1, 0.15) is 12.4 Å². The number of likely N-dealkylation sites (tertiary alicyclic amines) is 1. The molecule has 1 aliphatic heterocycles. The van der Waals surface area contributed by atoms with Crippen molar-refractivity contribution in [2.75, 3.05) is 32.0 Å². The first-order valence-corrected chi connectivity index (χ1v) is 6.11. The molecule has 0 atom stereocenters. The summed E-state index contributed by atoms with van der Waals surface area (Å²) in [5.41, 5.74) is 5.85. The van der Waals surface area contributed by atoms with Crippen molar-refractivity contribution < 1.29 is 13.9 Å². The quantitative estimate of drug-likeness (QED) is 0.654. The van der Waals surface area contributed by atoms with Crippen molar-refractivity contribution >= 4 is 11.7 Å². The fraction of sp³-hybridized carbons (Fsp3) is 0.462. The summed E-state index contributed by atoms with van der Waals surface area (Å²) >= 11 is 0. The third kappa shape index (κ3) is 3.43.